The number of ether oxygens (including phenoxy) is 1. The maximum atomic E-state index is 12.7. The SMILES string of the molecule is CCCC(=O)c1cnc2c(OC)cccc2c1Nc1cc(C)c(O)c(C)c1. The topological polar surface area (TPSA) is 71.5 Å². The van der Waals surface area contributed by atoms with Gasteiger partial charge in [-0.2, -0.15) is 0 Å². The fraction of sp³-hybridized carbons (Fsp3) is 0.273. The summed E-state index contributed by atoms with van der Waals surface area (Å²) in [4.78, 5) is 17.2. The van der Waals surface area contributed by atoms with Crippen molar-refractivity contribution in [3.8, 4) is 11.5 Å². The first-order valence-corrected chi connectivity index (χ1v) is 9.02. The molecule has 140 valence electrons. The van der Waals surface area contributed by atoms with Crippen molar-refractivity contribution in [2.75, 3.05) is 12.4 Å². The number of aromatic hydroxyl groups is 1. The first kappa shape index (κ1) is 18.7. The third-order valence-electron chi connectivity index (χ3n) is 4.62. The molecule has 0 fully saturated rings. The van der Waals surface area contributed by atoms with Crippen LogP contribution in [0, 0.1) is 13.8 Å². The fourth-order valence-electron chi connectivity index (χ4n) is 3.24. The number of anilines is 2. The number of phenols is 1. The van der Waals surface area contributed by atoms with Gasteiger partial charge in [0.2, 0.25) is 0 Å². The zero-order valence-electron chi connectivity index (χ0n) is 16.1. The maximum absolute atomic E-state index is 12.7. The van der Waals surface area contributed by atoms with Gasteiger partial charge in [0.15, 0.2) is 5.78 Å². The number of aryl methyl sites for hydroxylation is 2. The van der Waals surface area contributed by atoms with Gasteiger partial charge in [-0.25, -0.2) is 0 Å². The summed E-state index contributed by atoms with van der Waals surface area (Å²) >= 11 is 0. The van der Waals surface area contributed by atoms with E-state index in [1.54, 1.807) is 13.3 Å². The molecule has 0 radical (unpaired) electrons. The van der Waals surface area contributed by atoms with Crippen molar-refractivity contribution in [2.24, 2.45) is 0 Å². The number of hydrogen-bond acceptors (Lipinski definition) is 5. The van der Waals surface area contributed by atoms with E-state index in [1.165, 1.54) is 0 Å². The first-order valence-electron chi connectivity index (χ1n) is 9.02. The lowest BCUT2D eigenvalue weighted by molar-refractivity contribution is 0.0982. The molecule has 0 unspecified atom stereocenters. The van der Waals surface area contributed by atoms with Crippen molar-refractivity contribution in [2.45, 2.75) is 33.6 Å². The molecule has 0 amide bonds. The number of para-hydroxylation sites is 1. The van der Waals surface area contributed by atoms with Crippen LogP contribution < -0.4 is 10.1 Å². The summed E-state index contributed by atoms with van der Waals surface area (Å²) in [5.41, 5.74) is 4.32. The molecule has 2 aromatic carbocycles. The monoisotopic (exact) mass is 364 g/mol. The second-order valence-electron chi connectivity index (χ2n) is 6.66. The predicted molar refractivity (Wildman–Crippen MR) is 108 cm³/mol. The number of carbonyl (C=O) groups excluding carboxylic acids is 1. The van der Waals surface area contributed by atoms with Gasteiger partial charge in [-0.15, -0.1) is 0 Å². The van der Waals surface area contributed by atoms with Crippen molar-refractivity contribution in [1.29, 1.82) is 0 Å². The van der Waals surface area contributed by atoms with Gasteiger partial charge in [0, 0.05) is 23.7 Å². The van der Waals surface area contributed by atoms with Crippen LogP contribution >= 0.6 is 0 Å². The van der Waals surface area contributed by atoms with E-state index >= 15 is 0 Å². The quantitative estimate of drug-likeness (QED) is 0.459. The van der Waals surface area contributed by atoms with Gasteiger partial charge in [0.1, 0.15) is 17.0 Å². The Morgan fingerprint density at radius 2 is 1.93 bits per heavy atom. The summed E-state index contributed by atoms with van der Waals surface area (Å²) < 4.78 is 5.43. The number of aromatic nitrogens is 1. The molecule has 0 aliphatic carbocycles. The third kappa shape index (κ3) is 3.58. The highest BCUT2D eigenvalue weighted by molar-refractivity contribution is 6.09. The molecule has 0 saturated carbocycles. The van der Waals surface area contributed by atoms with Gasteiger partial charge in [-0.1, -0.05) is 19.1 Å². The largest absolute Gasteiger partial charge is 0.507 e. The van der Waals surface area contributed by atoms with Crippen LogP contribution in [-0.4, -0.2) is 23.0 Å². The standard InChI is InChI=1S/C22H24N2O3/c1-5-7-18(25)17-12-23-21-16(8-6-9-19(21)27-4)20(17)24-15-10-13(2)22(26)14(3)11-15/h6,8-12,26H,5,7H2,1-4H3,(H,23,24). The van der Waals surface area contributed by atoms with Crippen molar-refractivity contribution in [3.05, 3.63) is 53.2 Å². The number of pyridine rings is 1. The maximum Gasteiger partial charge on any atom is 0.166 e. The van der Waals surface area contributed by atoms with Gasteiger partial charge in [0.25, 0.3) is 0 Å². The average Bonchev–Trinajstić information content (AvgIpc) is 2.65. The van der Waals surface area contributed by atoms with Crippen LogP contribution in [0.5, 0.6) is 11.5 Å². The number of phenolic OH excluding ortho intramolecular Hbond substituents is 1. The molecule has 2 N–H and O–H groups in total. The highest BCUT2D eigenvalue weighted by atomic mass is 16.5. The van der Waals surface area contributed by atoms with Crippen LogP contribution in [0.3, 0.4) is 0 Å². The molecule has 0 aliphatic heterocycles. The van der Waals surface area contributed by atoms with Crippen LogP contribution in [-0.2, 0) is 0 Å². The zero-order chi connectivity index (χ0) is 19.6. The summed E-state index contributed by atoms with van der Waals surface area (Å²) in [5.74, 6) is 0.983. The number of Topliss-reactive ketones (excluding diaryl/α,β-unsaturated/α-hetero) is 1. The molecule has 1 aromatic heterocycles. The molecule has 0 aliphatic rings. The molecule has 3 rings (SSSR count). The van der Waals surface area contributed by atoms with E-state index in [0.717, 1.165) is 28.6 Å². The Labute approximate surface area is 159 Å². The molecular formula is C22H24N2O3. The van der Waals surface area contributed by atoms with Gasteiger partial charge >= 0.3 is 0 Å². The summed E-state index contributed by atoms with van der Waals surface area (Å²) in [7, 11) is 1.60. The summed E-state index contributed by atoms with van der Waals surface area (Å²) in [6, 6.07) is 9.39. The van der Waals surface area contributed by atoms with E-state index < -0.39 is 0 Å². The van der Waals surface area contributed by atoms with Crippen molar-refractivity contribution < 1.29 is 14.6 Å². The van der Waals surface area contributed by atoms with Gasteiger partial charge in [-0.05, 0) is 49.6 Å². The average molecular weight is 364 g/mol. The molecule has 0 saturated heterocycles. The molecular weight excluding hydrogens is 340 g/mol. The van der Waals surface area contributed by atoms with Crippen LogP contribution in [0.2, 0.25) is 0 Å². The highest BCUT2D eigenvalue weighted by Gasteiger charge is 2.17. The molecule has 3 aromatic rings. The van der Waals surface area contributed by atoms with Crippen LogP contribution in [0.15, 0.2) is 36.5 Å². The fourth-order valence-corrected chi connectivity index (χ4v) is 3.24. The van der Waals surface area contributed by atoms with E-state index in [-0.39, 0.29) is 11.5 Å². The van der Waals surface area contributed by atoms with E-state index in [9.17, 15) is 9.90 Å². The van der Waals surface area contributed by atoms with E-state index in [4.69, 9.17) is 4.74 Å². The Kier molecular flexibility index (Phi) is 5.31. The summed E-state index contributed by atoms with van der Waals surface area (Å²) in [5, 5.41) is 14.2. The van der Waals surface area contributed by atoms with Crippen molar-refractivity contribution in [1.82, 2.24) is 4.98 Å². The van der Waals surface area contributed by atoms with Crippen molar-refractivity contribution >= 4 is 28.1 Å². The van der Waals surface area contributed by atoms with E-state index in [0.29, 0.717) is 28.9 Å². The summed E-state index contributed by atoms with van der Waals surface area (Å²) in [6.07, 6.45) is 2.84. The second kappa shape index (κ2) is 7.66. The molecule has 0 bridgehead atoms. The van der Waals surface area contributed by atoms with Crippen molar-refractivity contribution in [3.63, 3.8) is 0 Å². The Hall–Kier alpha value is -3.08. The Morgan fingerprint density at radius 1 is 1.22 bits per heavy atom. The number of rotatable bonds is 6. The number of fused-ring (bicyclic) bond motifs is 1. The highest BCUT2D eigenvalue weighted by Crippen LogP contribution is 2.35. The third-order valence-corrected chi connectivity index (χ3v) is 4.62. The van der Waals surface area contributed by atoms with Crippen LogP contribution in [0.4, 0.5) is 11.4 Å². The number of ketones is 1. The minimum absolute atomic E-state index is 0.0458. The van der Waals surface area contributed by atoms with Gasteiger partial charge in [-0.3, -0.25) is 9.78 Å². The number of carbonyl (C=O) groups is 1. The molecule has 5 nitrogen and oxygen atoms in total. The number of benzene rings is 2. The number of hydrogen-bond donors (Lipinski definition) is 2. The molecule has 1 heterocycles. The molecule has 5 heteroatoms. The number of nitrogens with zero attached hydrogens (tertiary/aromatic N) is 1. The van der Waals surface area contributed by atoms with Gasteiger partial charge < -0.3 is 15.2 Å². The lowest BCUT2D eigenvalue weighted by Gasteiger charge is -2.16. The normalized spacial score (nSPS) is 10.8. The second-order valence-corrected chi connectivity index (χ2v) is 6.66. The minimum Gasteiger partial charge on any atom is -0.507 e. The van der Waals surface area contributed by atoms with E-state index in [2.05, 4.69) is 10.3 Å². The van der Waals surface area contributed by atoms with Crippen LogP contribution in [0.1, 0.15) is 41.3 Å². The zero-order valence-corrected chi connectivity index (χ0v) is 16.1. The lowest BCUT2D eigenvalue weighted by atomic mass is 10.0. The lowest BCUT2D eigenvalue weighted by Crippen LogP contribution is -2.06. The summed E-state index contributed by atoms with van der Waals surface area (Å²) in [6.45, 7) is 5.68. The molecule has 0 atom stereocenters. The number of methoxy groups -OCH3 is 1. The predicted octanol–water partition coefficient (Wildman–Crippen LogP) is 5.29. The van der Waals surface area contributed by atoms with E-state index in [1.807, 2.05) is 51.1 Å². The smallest absolute Gasteiger partial charge is 0.166 e. The Morgan fingerprint density at radius 3 is 2.56 bits per heavy atom. The van der Waals surface area contributed by atoms with Gasteiger partial charge in [0.05, 0.1) is 18.4 Å². The van der Waals surface area contributed by atoms with Crippen LogP contribution in [0.25, 0.3) is 10.9 Å². The Bertz CT molecular complexity index is 989. The number of nitrogens with one attached hydrogen (secondary N) is 1. The molecule has 27 heavy (non-hydrogen) atoms. The minimum atomic E-state index is 0.0458. The Balaban J connectivity index is 2.21. The first-order chi connectivity index (χ1) is 13.0. The molecule has 0 spiro atoms.